The van der Waals surface area contributed by atoms with Crippen LogP contribution in [0.5, 0.6) is 11.5 Å². The van der Waals surface area contributed by atoms with Gasteiger partial charge in [0.2, 0.25) is 0 Å². The second-order valence-electron chi connectivity index (χ2n) is 5.38. The lowest BCUT2D eigenvalue weighted by Crippen LogP contribution is -2.28. The number of ether oxygens (including phenoxy) is 2. The first-order valence-electron chi connectivity index (χ1n) is 7.30. The fourth-order valence-electron chi connectivity index (χ4n) is 2.60. The molecule has 0 aliphatic heterocycles. The van der Waals surface area contributed by atoms with E-state index in [1.165, 1.54) is 38.5 Å². The van der Waals surface area contributed by atoms with Gasteiger partial charge in [0.05, 0.1) is 30.8 Å². The highest BCUT2D eigenvalue weighted by Gasteiger charge is 2.48. The molecule has 0 saturated heterocycles. The van der Waals surface area contributed by atoms with Gasteiger partial charge in [-0.25, -0.2) is 4.79 Å². The Morgan fingerprint density at radius 2 is 1.70 bits per heavy atom. The number of nitrogens with one attached hydrogen (secondary N) is 1. The van der Waals surface area contributed by atoms with Gasteiger partial charge in [0.25, 0.3) is 0 Å². The molecule has 0 aliphatic carbocycles. The first-order chi connectivity index (χ1) is 12.6. The van der Waals surface area contributed by atoms with Crippen molar-refractivity contribution in [3.8, 4) is 11.5 Å². The van der Waals surface area contributed by atoms with E-state index in [0.29, 0.717) is 16.3 Å². The van der Waals surface area contributed by atoms with Crippen molar-refractivity contribution in [2.45, 2.75) is 5.51 Å². The molecule has 0 unspecified atom stereocenters. The number of carbonyl (C=O) groups excluding carboxylic acids is 1. The summed E-state index contributed by atoms with van der Waals surface area (Å²) in [4.78, 5) is 14.6. The van der Waals surface area contributed by atoms with Crippen molar-refractivity contribution >= 4 is 37.9 Å². The third-order valence-corrected chi connectivity index (χ3v) is 4.76. The first kappa shape index (κ1) is 18.8. The van der Waals surface area contributed by atoms with Crippen molar-refractivity contribution in [1.82, 2.24) is 4.98 Å². The Balaban J connectivity index is 2.27. The van der Waals surface area contributed by atoms with E-state index in [-0.39, 0.29) is 16.8 Å². The third-order valence-electron chi connectivity index (χ3n) is 3.79. The Labute approximate surface area is 150 Å². The number of alkyl halides is 3. The fraction of sp³-hybridized carbons (Fsp3) is 0.188. The number of hydrogen-bond acceptors (Lipinski definition) is 6. The molecule has 27 heavy (non-hydrogen) atoms. The van der Waals surface area contributed by atoms with Gasteiger partial charge < -0.3 is 18.6 Å². The monoisotopic (exact) mass is 403 g/mol. The zero-order chi connectivity index (χ0) is 20.0. The lowest BCUT2D eigenvalue weighted by molar-refractivity contribution is -0.0499. The summed E-state index contributed by atoms with van der Waals surface area (Å²) in [6.45, 7) is 0. The number of aromatic nitrogens is 1. The predicted octanol–water partition coefficient (Wildman–Crippen LogP) is 3.34. The molecule has 1 heterocycles. The molecule has 7 nitrogen and oxygen atoms in total. The molecular weight excluding hydrogens is 391 g/mol. The minimum Gasteiger partial charge on any atom is -0.495 e. The molecule has 0 aliphatic rings. The molecule has 1 N–H and O–H groups in total. The lowest BCUT2D eigenvalue weighted by Gasteiger charge is -2.09. The van der Waals surface area contributed by atoms with Crippen LogP contribution in [-0.2, 0) is 14.9 Å². The molecule has 3 aromatic rings. The standard InChI is InChI=1S/C16H12F3NO6S/c1-24-12-7-8(15(21)25-2)6-10-9-4-3-5-11(13(9)20-14(10)12)26-27(22,23)16(17,18)19/h3-7,20H,1-2H3. The van der Waals surface area contributed by atoms with E-state index in [2.05, 4.69) is 13.9 Å². The van der Waals surface area contributed by atoms with Crippen LogP contribution in [0.1, 0.15) is 10.4 Å². The highest BCUT2D eigenvalue weighted by atomic mass is 32.2. The summed E-state index contributed by atoms with van der Waals surface area (Å²) in [5, 5.41) is 0.753. The van der Waals surface area contributed by atoms with Crippen LogP contribution in [0.3, 0.4) is 0 Å². The van der Waals surface area contributed by atoms with Gasteiger partial charge >= 0.3 is 21.6 Å². The van der Waals surface area contributed by atoms with Crippen molar-refractivity contribution in [2.75, 3.05) is 14.2 Å². The number of benzene rings is 2. The second-order valence-corrected chi connectivity index (χ2v) is 6.92. The number of aromatic amines is 1. The normalized spacial score (nSPS) is 12.3. The number of para-hydroxylation sites is 1. The average Bonchev–Trinajstić information content (AvgIpc) is 2.99. The molecule has 0 fully saturated rings. The van der Waals surface area contributed by atoms with E-state index in [1.807, 2.05) is 0 Å². The Kier molecular flexibility index (Phi) is 4.42. The Hall–Kier alpha value is -2.95. The molecule has 0 spiro atoms. The number of H-pyrrole nitrogens is 1. The summed E-state index contributed by atoms with van der Waals surface area (Å²) in [5.74, 6) is -0.965. The number of carbonyl (C=O) groups is 1. The first-order valence-corrected chi connectivity index (χ1v) is 8.71. The summed E-state index contributed by atoms with van der Waals surface area (Å²) in [7, 11) is -3.31. The SMILES string of the molecule is COC(=O)c1cc(OC)c2[nH]c3c(OS(=O)(=O)C(F)(F)F)cccc3c2c1. The van der Waals surface area contributed by atoms with Gasteiger partial charge in [-0.15, -0.1) is 0 Å². The van der Waals surface area contributed by atoms with Crippen LogP contribution in [0.25, 0.3) is 21.8 Å². The Bertz CT molecular complexity index is 1150. The number of esters is 1. The number of fused-ring (bicyclic) bond motifs is 3. The van der Waals surface area contributed by atoms with Crippen molar-refractivity contribution in [2.24, 2.45) is 0 Å². The van der Waals surface area contributed by atoms with E-state index < -0.39 is 27.3 Å². The maximum atomic E-state index is 12.6. The summed E-state index contributed by atoms with van der Waals surface area (Å²) < 4.78 is 74.7. The van der Waals surface area contributed by atoms with Crippen molar-refractivity contribution in [1.29, 1.82) is 0 Å². The largest absolute Gasteiger partial charge is 0.534 e. The van der Waals surface area contributed by atoms with Crippen LogP contribution in [0.4, 0.5) is 13.2 Å². The van der Waals surface area contributed by atoms with Crippen LogP contribution in [0.2, 0.25) is 0 Å². The predicted molar refractivity (Wildman–Crippen MR) is 89.3 cm³/mol. The highest BCUT2D eigenvalue weighted by Crippen LogP contribution is 2.38. The van der Waals surface area contributed by atoms with E-state index in [1.54, 1.807) is 0 Å². The molecule has 11 heteroatoms. The molecule has 0 atom stereocenters. The Morgan fingerprint density at radius 3 is 2.30 bits per heavy atom. The van der Waals surface area contributed by atoms with Gasteiger partial charge in [0.1, 0.15) is 5.75 Å². The third kappa shape index (κ3) is 3.14. The summed E-state index contributed by atoms with van der Waals surface area (Å²) in [6.07, 6.45) is 0. The molecule has 0 radical (unpaired) electrons. The highest BCUT2D eigenvalue weighted by molar-refractivity contribution is 7.88. The zero-order valence-corrected chi connectivity index (χ0v) is 14.7. The zero-order valence-electron chi connectivity index (χ0n) is 13.9. The molecule has 1 aromatic heterocycles. The minimum atomic E-state index is -5.85. The molecular formula is C16H12F3NO6S. The fourth-order valence-corrected chi connectivity index (χ4v) is 3.07. The van der Waals surface area contributed by atoms with Gasteiger partial charge in [0, 0.05) is 10.8 Å². The number of hydrogen-bond donors (Lipinski definition) is 1. The van der Waals surface area contributed by atoms with Crippen LogP contribution < -0.4 is 8.92 Å². The average molecular weight is 403 g/mol. The summed E-state index contributed by atoms with van der Waals surface area (Å²) in [5.41, 5.74) is -5.07. The Morgan fingerprint density at radius 1 is 1.04 bits per heavy atom. The number of halogens is 3. The number of methoxy groups -OCH3 is 2. The number of rotatable bonds is 4. The van der Waals surface area contributed by atoms with Crippen LogP contribution >= 0.6 is 0 Å². The van der Waals surface area contributed by atoms with Crippen molar-refractivity contribution in [3.63, 3.8) is 0 Å². The van der Waals surface area contributed by atoms with E-state index in [0.717, 1.165) is 6.07 Å². The van der Waals surface area contributed by atoms with E-state index in [9.17, 15) is 26.4 Å². The maximum absolute atomic E-state index is 12.6. The molecule has 144 valence electrons. The topological polar surface area (TPSA) is 94.7 Å². The summed E-state index contributed by atoms with van der Waals surface area (Å²) >= 11 is 0. The minimum absolute atomic E-state index is 0.000593. The maximum Gasteiger partial charge on any atom is 0.534 e. The quantitative estimate of drug-likeness (QED) is 0.408. The van der Waals surface area contributed by atoms with Crippen LogP contribution in [-0.4, -0.2) is 39.1 Å². The van der Waals surface area contributed by atoms with Crippen molar-refractivity contribution in [3.05, 3.63) is 35.9 Å². The summed E-state index contributed by atoms with van der Waals surface area (Å²) in [6, 6.07) is 6.77. The van der Waals surface area contributed by atoms with Crippen molar-refractivity contribution < 1.29 is 40.0 Å². The van der Waals surface area contributed by atoms with Gasteiger partial charge in [0.15, 0.2) is 5.75 Å². The molecule has 0 saturated carbocycles. The molecule has 3 rings (SSSR count). The molecule has 2 aromatic carbocycles. The molecule has 0 bridgehead atoms. The van der Waals surface area contributed by atoms with E-state index in [4.69, 9.17) is 4.74 Å². The van der Waals surface area contributed by atoms with Crippen LogP contribution in [0.15, 0.2) is 30.3 Å². The lowest BCUT2D eigenvalue weighted by atomic mass is 10.1. The van der Waals surface area contributed by atoms with Gasteiger partial charge in [-0.05, 0) is 18.2 Å². The second kappa shape index (κ2) is 6.34. The van der Waals surface area contributed by atoms with Gasteiger partial charge in [-0.1, -0.05) is 12.1 Å². The van der Waals surface area contributed by atoms with E-state index >= 15 is 0 Å². The molecule has 0 amide bonds. The van der Waals surface area contributed by atoms with Gasteiger partial charge in [-0.3, -0.25) is 0 Å². The van der Waals surface area contributed by atoms with Crippen LogP contribution in [0, 0.1) is 0 Å². The van der Waals surface area contributed by atoms with Gasteiger partial charge in [-0.2, -0.15) is 21.6 Å². The smallest absolute Gasteiger partial charge is 0.495 e.